The van der Waals surface area contributed by atoms with E-state index in [1.807, 2.05) is 24.1 Å². The molecule has 0 radical (unpaired) electrons. The standard InChI is InChI=1S/C19H20F3N3/c1-12-8-14(4-5-17(12)20)16-6-7-25(11-13(16)2)18(24-23-3)9-15-10-19(15,21)22/h4-8,15H,3,9-11H2,1-2H3/b24-18-. The fourth-order valence-corrected chi connectivity index (χ4v) is 3.04. The van der Waals surface area contributed by atoms with Crippen LogP contribution in [0.25, 0.3) is 5.57 Å². The van der Waals surface area contributed by atoms with Crippen LogP contribution in [-0.4, -0.2) is 29.9 Å². The van der Waals surface area contributed by atoms with E-state index in [1.54, 1.807) is 19.1 Å². The molecule has 0 bridgehead atoms. The highest BCUT2D eigenvalue weighted by atomic mass is 19.3. The maximum Gasteiger partial charge on any atom is 0.252 e. The number of rotatable bonds is 4. The zero-order chi connectivity index (χ0) is 18.2. The molecule has 1 heterocycles. The van der Waals surface area contributed by atoms with E-state index in [2.05, 4.69) is 16.9 Å². The number of halogens is 3. The molecule has 3 rings (SSSR count). The average Bonchev–Trinajstić information content (AvgIpc) is 3.16. The maximum absolute atomic E-state index is 13.5. The summed E-state index contributed by atoms with van der Waals surface area (Å²) < 4.78 is 39.9. The van der Waals surface area contributed by atoms with Gasteiger partial charge in [0, 0.05) is 38.2 Å². The predicted molar refractivity (Wildman–Crippen MR) is 94.2 cm³/mol. The molecule has 1 aromatic rings. The van der Waals surface area contributed by atoms with Crippen LogP contribution in [0.2, 0.25) is 0 Å². The lowest BCUT2D eigenvalue weighted by Crippen LogP contribution is -2.30. The molecule has 0 aromatic heterocycles. The Hall–Kier alpha value is -2.37. The highest BCUT2D eigenvalue weighted by Gasteiger charge is 2.57. The van der Waals surface area contributed by atoms with Crippen molar-refractivity contribution in [3.63, 3.8) is 0 Å². The quantitative estimate of drug-likeness (QED) is 0.437. The minimum Gasteiger partial charge on any atom is -0.331 e. The van der Waals surface area contributed by atoms with Gasteiger partial charge in [0.1, 0.15) is 11.7 Å². The third-order valence-electron chi connectivity index (χ3n) is 4.66. The third-order valence-corrected chi connectivity index (χ3v) is 4.66. The van der Waals surface area contributed by atoms with Crippen LogP contribution in [0.5, 0.6) is 0 Å². The number of nitrogens with zero attached hydrogens (tertiary/aromatic N) is 3. The van der Waals surface area contributed by atoms with Gasteiger partial charge in [-0.1, -0.05) is 6.07 Å². The summed E-state index contributed by atoms with van der Waals surface area (Å²) in [6.45, 7) is 7.55. The van der Waals surface area contributed by atoms with Gasteiger partial charge in [-0.2, -0.15) is 5.10 Å². The van der Waals surface area contributed by atoms with Crippen LogP contribution in [0.3, 0.4) is 0 Å². The minimum atomic E-state index is -2.59. The first-order chi connectivity index (χ1) is 11.8. The zero-order valence-electron chi connectivity index (χ0n) is 14.3. The lowest BCUT2D eigenvalue weighted by Gasteiger charge is -2.27. The fourth-order valence-electron chi connectivity index (χ4n) is 3.04. The van der Waals surface area contributed by atoms with E-state index in [4.69, 9.17) is 0 Å². The molecule has 6 heteroatoms. The summed E-state index contributed by atoms with van der Waals surface area (Å²) in [7, 11) is 0. The summed E-state index contributed by atoms with van der Waals surface area (Å²) in [5.74, 6) is -3.02. The molecule has 0 spiro atoms. The van der Waals surface area contributed by atoms with Gasteiger partial charge >= 0.3 is 0 Å². The Balaban J connectivity index is 1.78. The fraction of sp³-hybridized carbons (Fsp3) is 0.368. The number of amidine groups is 1. The van der Waals surface area contributed by atoms with E-state index in [1.165, 1.54) is 6.07 Å². The minimum absolute atomic E-state index is 0.102. The van der Waals surface area contributed by atoms with Crippen molar-refractivity contribution >= 4 is 18.1 Å². The smallest absolute Gasteiger partial charge is 0.252 e. The molecular weight excluding hydrogens is 327 g/mol. The summed E-state index contributed by atoms with van der Waals surface area (Å²) in [4.78, 5) is 1.82. The third kappa shape index (κ3) is 3.67. The Morgan fingerprint density at radius 2 is 2.08 bits per heavy atom. The van der Waals surface area contributed by atoms with Gasteiger partial charge in [0.2, 0.25) is 0 Å². The molecule has 1 aliphatic carbocycles. The Morgan fingerprint density at radius 3 is 2.64 bits per heavy atom. The summed E-state index contributed by atoms with van der Waals surface area (Å²) >= 11 is 0. The molecule has 0 N–H and O–H groups in total. The van der Waals surface area contributed by atoms with Crippen LogP contribution in [0.1, 0.15) is 30.9 Å². The molecule has 0 saturated heterocycles. The Labute approximate surface area is 145 Å². The van der Waals surface area contributed by atoms with E-state index in [0.29, 0.717) is 17.9 Å². The monoisotopic (exact) mass is 347 g/mol. The summed E-state index contributed by atoms with van der Waals surface area (Å²) in [6.07, 6.45) is 3.78. The molecule has 1 aromatic carbocycles. The van der Waals surface area contributed by atoms with Crippen molar-refractivity contribution in [2.75, 3.05) is 6.54 Å². The highest BCUT2D eigenvalue weighted by Crippen LogP contribution is 2.51. The molecule has 2 aliphatic rings. The van der Waals surface area contributed by atoms with Crippen molar-refractivity contribution in [1.82, 2.24) is 4.90 Å². The number of hydrogen-bond donors (Lipinski definition) is 0. The lowest BCUT2D eigenvalue weighted by molar-refractivity contribution is 0.0998. The Kier molecular flexibility index (Phi) is 4.54. The van der Waals surface area contributed by atoms with Gasteiger partial charge in [0.05, 0.1) is 0 Å². The molecule has 132 valence electrons. The van der Waals surface area contributed by atoms with Crippen LogP contribution in [0, 0.1) is 18.7 Å². The van der Waals surface area contributed by atoms with Gasteiger partial charge in [0.15, 0.2) is 0 Å². The van der Waals surface area contributed by atoms with Crippen LogP contribution < -0.4 is 0 Å². The maximum atomic E-state index is 13.5. The molecule has 1 aliphatic heterocycles. The summed E-state index contributed by atoms with van der Waals surface area (Å²) in [6, 6.07) is 5.00. The van der Waals surface area contributed by atoms with Crippen LogP contribution in [-0.2, 0) is 0 Å². The molecule has 1 saturated carbocycles. The first kappa shape index (κ1) is 17.5. The largest absolute Gasteiger partial charge is 0.331 e. The van der Waals surface area contributed by atoms with E-state index < -0.39 is 11.8 Å². The van der Waals surface area contributed by atoms with E-state index in [-0.39, 0.29) is 18.7 Å². The van der Waals surface area contributed by atoms with Crippen LogP contribution >= 0.6 is 0 Å². The van der Waals surface area contributed by atoms with E-state index >= 15 is 0 Å². The zero-order valence-corrected chi connectivity index (χ0v) is 14.3. The number of hydrogen-bond acceptors (Lipinski definition) is 2. The van der Waals surface area contributed by atoms with Crippen LogP contribution in [0.4, 0.5) is 13.2 Å². The second-order valence-electron chi connectivity index (χ2n) is 6.63. The van der Waals surface area contributed by atoms with Crippen molar-refractivity contribution in [3.05, 3.63) is 53.0 Å². The average molecular weight is 347 g/mol. The number of aryl methyl sites for hydroxylation is 1. The number of allylic oxidation sites excluding steroid dienone is 2. The van der Waals surface area contributed by atoms with Gasteiger partial charge in [-0.3, -0.25) is 0 Å². The van der Waals surface area contributed by atoms with Crippen molar-refractivity contribution in [3.8, 4) is 0 Å². The Bertz CT molecular complexity index is 793. The molecule has 3 nitrogen and oxygen atoms in total. The summed E-state index contributed by atoms with van der Waals surface area (Å²) in [5.41, 5.74) is 3.57. The molecule has 0 amide bonds. The van der Waals surface area contributed by atoms with Gasteiger partial charge in [-0.25, -0.2) is 13.2 Å². The molecule has 1 unspecified atom stereocenters. The predicted octanol–water partition coefficient (Wildman–Crippen LogP) is 4.80. The number of alkyl halides is 2. The van der Waals surface area contributed by atoms with Gasteiger partial charge in [0.25, 0.3) is 5.92 Å². The van der Waals surface area contributed by atoms with Gasteiger partial charge < -0.3 is 4.90 Å². The van der Waals surface area contributed by atoms with E-state index in [9.17, 15) is 13.2 Å². The topological polar surface area (TPSA) is 28.0 Å². The second-order valence-corrected chi connectivity index (χ2v) is 6.63. The highest BCUT2D eigenvalue weighted by molar-refractivity contribution is 5.87. The van der Waals surface area contributed by atoms with Crippen LogP contribution in [0.15, 0.2) is 46.3 Å². The molecule has 1 fully saturated rings. The molecule has 25 heavy (non-hydrogen) atoms. The van der Waals surface area contributed by atoms with Gasteiger partial charge in [-0.15, -0.1) is 5.10 Å². The normalized spacial score (nSPS) is 22.4. The first-order valence-corrected chi connectivity index (χ1v) is 8.13. The Morgan fingerprint density at radius 1 is 1.36 bits per heavy atom. The summed E-state index contributed by atoms with van der Waals surface area (Å²) in [5, 5.41) is 7.47. The van der Waals surface area contributed by atoms with E-state index in [0.717, 1.165) is 16.7 Å². The van der Waals surface area contributed by atoms with Gasteiger partial charge in [-0.05, 0) is 54.3 Å². The molecule has 1 atom stereocenters. The second kappa shape index (κ2) is 6.50. The lowest BCUT2D eigenvalue weighted by atomic mass is 9.96. The first-order valence-electron chi connectivity index (χ1n) is 8.13. The SMILES string of the molecule is C=N/N=C(/CC1CC1(F)F)N1C=CC(c2ccc(F)c(C)c2)=C(C)C1. The van der Waals surface area contributed by atoms with Crippen molar-refractivity contribution in [1.29, 1.82) is 0 Å². The van der Waals surface area contributed by atoms with Crippen molar-refractivity contribution in [2.45, 2.75) is 32.6 Å². The molecular formula is C19H20F3N3. The van der Waals surface area contributed by atoms with Crippen molar-refractivity contribution < 1.29 is 13.2 Å². The number of benzene rings is 1. The van der Waals surface area contributed by atoms with Crippen molar-refractivity contribution in [2.24, 2.45) is 16.1 Å².